The summed E-state index contributed by atoms with van der Waals surface area (Å²) in [4.78, 5) is 26.6. The Morgan fingerprint density at radius 2 is 2.08 bits per heavy atom. The zero-order valence-electron chi connectivity index (χ0n) is 15.4. The van der Waals surface area contributed by atoms with Crippen LogP contribution < -0.4 is 10.6 Å². The van der Waals surface area contributed by atoms with Crippen LogP contribution in [0.5, 0.6) is 0 Å². The number of carbonyl (C=O) groups is 2. The van der Waals surface area contributed by atoms with Crippen molar-refractivity contribution < 1.29 is 14.3 Å². The molecule has 1 heterocycles. The minimum atomic E-state index is -0.419. The van der Waals surface area contributed by atoms with E-state index in [0.717, 1.165) is 19.5 Å². The Morgan fingerprint density at radius 3 is 2.76 bits per heavy atom. The standard InChI is InChI=1S/C19H29N3O3/c1-19(2,25-3)14-21-17(23)13-16-18(24)20-10-12-22(16)11-9-15-7-5-4-6-8-15/h4-8,16H,9-14H2,1-3H3,(H,20,24)(H,21,23)/t16-/m0/s1. The molecule has 2 N–H and O–H groups in total. The molecule has 0 aliphatic carbocycles. The average molecular weight is 347 g/mol. The molecule has 0 bridgehead atoms. The fourth-order valence-corrected chi connectivity index (χ4v) is 2.80. The number of piperazine rings is 1. The summed E-state index contributed by atoms with van der Waals surface area (Å²) >= 11 is 0. The van der Waals surface area contributed by atoms with Crippen molar-refractivity contribution in [2.45, 2.75) is 38.3 Å². The average Bonchev–Trinajstić information content (AvgIpc) is 2.61. The van der Waals surface area contributed by atoms with Gasteiger partial charge in [-0.05, 0) is 25.8 Å². The van der Waals surface area contributed by atoms with Gasteiger partial charge in [0, 0.05) is 33.3 Å². The lowest BCUT2D eigenvalue weighted by Gasteiger charge is -2.35. The minimum absolute atomic E-state index is 0.0690. The molecule has 1 atom stereocenters. The summed E-state index contributed by atoms with van der Waals surface area (Å²) < 4.78 is 5.30. The molecule has 0 radical (unpaired) electrons. The van der Waals surface area contributed by atoms with Crippen LogP contribution in [0, 0.1) is 0 Å². The van der Waals surface area contributed by atoms with E-state index in [-0.39, 0.29) is 18.2 Å². The quantitative estimate of drug-likeness (QED) is 0.735. The lowest BCUT2D eigenvalue weighted by molar-refractivity contribution is -0.134. The van der Waals surface area contributed by atoms with Gasteiger partial charge in [0.1, 0.15) is 0 Å². The van der Waals surface area contributed by atoms with Crippen molar-refractivity contribution in [3.8, 4) is 0 Å². The normalized spacial score (nSPS) is 18.7. The predicted octanol–water partition coefficient (Wildman–Crippen LogP) is 0.961. The van der Waals surface area contributed by atoms with Crippen molar-refractivity contribution in [1.82, 2.24) is 15.5 Å². The Hall–Kier alpha value is -1.92. The molecule has 2 amide bonds. The number of nitrogens with one attached hydrogen (secondary N) is 2. The fraction of sp³-hybridized carbons (Fsp3) is 0.579. The minimum Gasteiger partial charge on any atom is -0.377 e. The molecule has 2 rings (SSSR count). The highest BCUT2D eigenvalue weighted by molar-refractivity contribution is 5.88. The van der Waals surface area contributed by atoms with E-state index < -0.39 is 11.6 Å². The molecule has 1 aliphatic heterocycles. The van der Waals surface area contributed by atoms with E-state index in [1.807, 2.05) is 32.0 Å². The highest BCUT2D eigenvalue weighted by Crippen LogP contribution is 2.12. The Labute approximate surface area is 149 Å². The summed E-state index contributed by atoms with van der Waals surface area (Å²) in [7, 11) is 1.62. The van der Waals surface area contributed by atoms with Gasteiger partial charge >= 0.3 is 0 Å². The van der Waals surface area contributed by atoms with E-state index in [0.29, 0.717) is 13.1 Å². The third kappa shape index (κ3) is 6.14. The highest BCUT2D eigenvalue weighted by Gasteiger charge is 2.31. The van der Waals surface area contributed by atoms with E-state index >= 15 is 0 Å². The van der Waals surface area contributed by atoms with Gasteiger partial charge in [-0.2, -0.15) is 0 Å². The van der Waals surface area contributed by atoms with Crippen molar-refractivity contribution in [3.63, 3.8) is 0 Å². The fourth-order valence-electron chi connectivity index (χ4n) is 2.80. The van der Waals surface area contributed by atoms with Crippen LogP contribution in [0.15, 0.2) is 30.3 Å². The molecular weight excluding hydrogens is 318 g/mol. The number of benzene rings is 1. The lowest BCUT2D eigenvalue weighted by atomic mass is 10.1. The van der Waals surface area contributed by atoms with Crippen LogP contribution in [-0.4, -0.2) is 61.6 Å². The van der Waals surface area contributed by atoms with Gasteiger partial charge in [0.05, 0.1) is 18.1 Å². The topological polar surface area (TPSA) is 70.7 Å². The number of rotatable bonds is 8. The van der Waals surface area contributed by atoms with E-state index in [4.69, 9.17) is 4.74 Å². The van der Waals surface area contributed by atoms with Crippen molar-refractivity contribution in [3.05, 3.63) is 35.9 Å². The first-order valence-corrected chi connectivity index (χ1v) is 8.79. The Kier molecular flexibility index (Phi) is 6.96. The van der Waals surface area contributed by atoms with Crippen LogP contribution in [-0.2, 0) is 20.7 Å². The summed E-state index contributed by atoms with van der Waals surface area (Å²) in [6, 6.07) is 9.77. The van der Waals surface area contributed by atoms with Gasteiger partial charge in [-0.3, -0.25) is 14.5 Å². The molecule has 0 unspecified atom stereocenters. The first kappa shape index (κ1) is 19.4. The Morgan fingerprint density at radius 1 is 1.36 bits per heavy atom. The van der Waals surface area contributed by atoms with Gasteiger partial charge in [-0.1, -0.05) is 30.3 Å². The maximum absolute atomic E-state index is 12.3. The van der Waals surface area contributed by atoms with Crippen molar-refractivity contribution >= 4 is 11.8 Å². The molecule has 1 aromatic rings. The van der Waals surface area contributed by atoms with Crippen LogP contribution in [0.3, 0.4) is 0 Å². The smallest absolute Gasteiger partial charge is 0.237 e. The van der Waals surface area contributed by atoms with Crippen molar-refractivity contribution in [1.29, 1.82) is 0 Å². The summed E-state index contributed by atoms with van der Waals surface area (Å²) in [5, 5.41) is 5.73. The summed E-state index contributed by atoms with van der Waals surface area (Å²) in [6.45, 7) is 6.39. The molecule has 0 spiro atoms. The van der Waals surface area contributed by atoms with Crippen LogP contribution in [0.1, 0.15) is 25.8 Å². The largest absolute Gasteiger partial charge is 0.377 e. The molecule has 1 aromatic carbocycles. The second-order valence-corrected chi connectivity index (χ2v) is 7.02. The zero-order valence-corrected chi connectivity index (χ0v) is 15.4. The maximum atomic E-state index is 12.3. The first-order valence-electron chi connectivity index (χ1n) is 8.79. The summed E-state index contributed by atoms with van der Waals surface area (Å²) in [5.41, 5.74) is 0.816. The van der Waals surface area contributed by atoms with Gasteiger partial charge < -0.3 is 15.4 Å². The van der Waals surface area contributed by atoms with Crippen LogP contribution in [0.25, 0.3) is 0 Å². The molecule has 6 heteroatoms. The number of ether oxygens (including phenoxy) is 1. The van der Waals surface area contributed by atoms with E-state index in [1.54, 1.807) is 7.11 Å². The number of hydrogen-bond donors (Lipinski definition) is 2. The third-order valence-electron chi connectivity index (χ3n) is 4.61. The number of hydrogen-bond acceptors (Lipinski definition) is 4. The number of methoxy groups -OCH3 is 1. The highest BCUT2D eigenvalue weighted by atomic mass is 16.5. The molecule has 0 aromatic heterocycles. The van der Waals surface area contributed by atoms with E-state index in [1.165, 1.54) is 5.56 Å². The Balaban J connectivity index is 1.90. The monoisotopic (exact) mass is 347 g/mol. The summed E-state index contributed by atoms with van der Waals surface area (Å²) in [5.74, 6) is -0.197. The molecule has 6 nitrogen and oxygen atoms in total. The van der Waals surface area contributed by atoms with Gasteiger partial charge in [0.25, 0.3) is 0 Å². The maximum Gasteiger partial charge on any atom is 0.237 e. The summed E-state index contributed by atoms with van der Waals surface area (Å²) in [6.07, 6.45) is 1.03. The molecule has 1 fully saturated rings. The predicted molar refractivity (Wildman–Crippen MR) is 97.2 cm³/mol. The molecule has 0 saturated carbocycles. The van der Waals surface area contributed by atoms with Crippen LogP contribution >= 0.6 is 0 Å². The first-order chi connectivity index (χ1) is 11.9. The second-order valence-electron chi connectivity index (χ2n) is 7.02. The van der Waals surface area contributed by atoms with Crippen LogP contribution in [0.4, 0.5) is 0 Å². The molecule has 138 valence electrons. The zero-order chi connectivity index (χ0) is 18.3. The lowest BCUT2D eigenvalue weighted by Crippen LogP contribution is -2.57. The second kappa shape index (κ2) is 8.97. The van der Waals surface area contributed by atoms with Gasteiger partial charge in [0.15, 0.2) is 0 Å². The SMILES string of the molecule is COC(C)(C)CNC(=O)C[C@H]1C(=O)NCCN1CCc1ccccc1. The molecular formula is C19H29N3O3. The molecule has 1 aliphatic rings. The van der Waals surface area contributed by atoms with Crippen LogP contribution in [0.2, 0.25) is 0 Å². The van der Waals surface area contributed by atoms with E-state index in [9.17, 15) is 9.59 Å². The van der Waals surface area contributed by atoms with E-state index in [2.05, 4.69) is 27.7 Å². The Bertz CT molecular complexity index is 575. The van der Waals surface area contributed by atoms with Gasteiger partial charge in [-0.25, -0.2) is 0 Å². The molecule has 25 heavy (non-hydrogen) atoms. The number of nitrogens with zero attached hydrogens (tertiary/aromatic N) is 1. The third-order valence-corrected chi connectivity index (χ3v) is 4.61. The van der Waals surface area contributed by atoms with Crippen molar-refractivity contribution in [2.75, 3.05) is 33.3 Å². The number of amides is 2. The number of carbonyl (C=O) groups excluding carboxylic acids is 2. The molecule has 1 saturated heterocycles. The van der Waals surface area contributed by atoms with Gasteiger partial charge in [0.2, 0.25) is 11.8 Å². The van der Waals surface area contributed by atoms with Gasteiger partial charge in [-0.15, -0.1) is 0 Å². The van der Waals surface area contributed by atoms with Crippen molar-refractivity contribution in [2.24, 2.45) is 0 Å².